The maximum absolute atomic E-state index is 13.4. The van der Waals surface area contributed by atoms with Crippen molar-refractivity contribution in [3.63, 3.8) is 0 Å². The first-order valence-corrected chi connectivity index (χ1v) is 16.5. The number of ether oxygens (including phenoxy) is 1. The highest BCUT2D eigenvalue weighted by molar-refractivity contribution is 6.06. The second-order valence-electron chi connectivity index (χ2n) is 16.9. The fraction of sp³-hybridized carbons (Fsp3) is 0.833. The third-order valence-corrected chi connectivity index (χ3v) is 13.6. The molecule has 4 fully saturated rings. The van der Waals surface area contributed by atoms with E-state index in [0.717, 1.165) is 56.9 Å². The van der Waals surface area contributed by atoms with Gasteiger partial charge in [0.25, 0.3) is 0 Å². The first-order chi connectivity index (χ1) is 19.3. The molecule has 6 nitrogen and oxygen atoms in total. The molecular weight excluding hydrogens is 528 g/mol. The van der Waals surface area contributed by atoms with Crippen molar-refractivity contribution in [2.75, 3.05) is 0 Å². The predicted octanol–water partition coefficient (Wildman–Crippen LogP) is 7.58. The molecule has 0 spiro atoms. The lowest BCUT2D eigenvalue weighted by molar-refractivity contribution is -0.213. The quantitative estimate of drug-likeness (QED) is 0.324. The van der Waals surface area contributed by atoms with Crippen LogP contribution in [-0.2, 0) is 23.9 Å². The maximum atomic E-state index is 13.4. The van der Waals surface area contributed by atoms with Crippen molar-refractivity contribution in [2.24, 2.45) is 56.7 Å². The van der Waals surface area contributed by atoms with Gasteiger partial charge in [-0.1, -0.05) is 41.5 Å². The van der Waals surface area contributed by atoms with Crippen molar-refractivity contribution in [3.8, 4) is 0 Å². The van der Waals surface area contributed by atoms with Gasteiger partial charge in [-0.2, -0.15) is 0 Å². The average Bonchev–Trinajstić information content (AvgIpc) is 3.19. The molecule has 6 heteroatoms. The Hall–Kier alpha value is -1.98. The van der Waals surface area contributed by atoms with Crippen LogP contribution in [-0.4, -0.2) is 34.7 Å². The second kappa shape index (κ2) is 10.0. The Morgan fingerprint density at radius 1 is 0.929 bits per heavy atom. The Morgan fingerprint density at radius 3 is 2.17 bits per heavy atom. The molecule has 0 bridgehead atoms. The molecule has 0 aliphatic heterocycles. The number of hydrogen-bond acceptors (Lipinski definition) is 5. The number of allylic oxidation sites excluding steroid dienone is 2. The molecule has 1 N–H and O–H groups in total. The van der Waals surface area contributed by atoms with Gasteiger partial charge < -0.3 is 9.84 Å². The zero-order valence-electron chi connectivity index (χ0n) is 27.5. The second-order valence-corrected chi connectivity index (χ2v) is 16.9. The van der Waals surface area contributed by atoms with Crippen LogP contribution < -0.4 is 0 Å². The number of Topliss-reactive ketones (excluding diaryl/α,β-unsaturated/α-hetero) is 2. The van der Waals surface area contributed by atoms with E-state index in [1.165, 1.54) is 5.57 Å². The molecule has 0 amide bonds. The summed E-state index contributed by atoms with van der Waals surface area (Å²) < 4.78 is 6.09. The minimum Gasteiger partial charge on any atom is -0.481 e. The van der Waals surface area contributed by atoms with Crippen LogP contribution in [0, 0.1) is 56.7 Å². The van der Waals surface area contributed by atoms with Gasteiger partial charge in [0.2, 0.25) is 0 Å². The standard InChI is InChI=1S/C36H54O6/c1-20(2)29-24(38)18-36(21(3)37)17-12-23-22(30(29)36)10-11-26-34(23,8)15-13-25-33(6,7)27(14-16-35(25,26)9)42-28(39)19-32(4,5)31(40)41/h20,22-23,25-27H,10-19H2,1-9H3,(H,40,41)/t22-,23?,25?,26?,27-,34-,35-,36-/m0/s1. The van der Waals surface area contributed by atoms with E-state index >= 15 is 0 Å². The Labute approximate surface area is 252 Å². The molecule has 0 aromatic heterocycles. The van der Waals surface area contributed by atoms with Crippen LogP contribution in [0.2, 0.25) is 0 Å². The summed E-state index contributed by atoms with van der Waals surface area (Å²) in [5, 5.41) is 9.51. The van der Waals surface area contributed by atoms with Crippen molar-refractivity contribution in [1.82, 2.24) is 0 Å². The third-order valence-electron chi connectivity index (χ3n) is 13.6. The molecule has 8 atom stereocenters. The number of hydrogen-bond donors (Lipinski definition) is 1. The summed E-state index contributed by atoms with van der Waals surface area (Å²) in [5.41, 5.74) is 0.528. The minimum atomic E-state index is -1.15. The largest absolute Gasteiger partial charge is 0.481 e. The first-order valence-electron chi connectivity index (χ1n) is 16.5. The van der Waals surface area contributed by atoms with E-state index in [4.69, 9.17) is 4.74 Å². The number of esters is 1. The number of carbonyl (C=O) groups is 4. The number of rotatable bonds is 6. The van der Waals surface area contributed by atoms with Crippen LogP contribution in [0.15, 0.2) is 11.1 Å². The minimum absolute atomic E-state index is 0.112. The molecule has 5 aliphatic carbocycles. The fourth-order valence-electron chi connectivity index (χ4n) is 11.6. The van der Waals surface area contributed by atoms with E-state index in [1.807, 2.05) is 0 Å². The molecule has 0 radical (unpaired) electrons. The third kappa shape index (κ3) is 4.38. The highest BCUT2D eigenvalue weighted by atomic mass is 16.5. The smallest absolute Gasteiger partial charge is 0.309 e. The summed E-state index contributed by atoms with van der Waals surface area (Å²) in [7, 11) is 0. The van der Waals surface area contributed by atoms with Gasteiger partial charge in [0, 0.05) is 11.8 Å². The highest BCUT2D eigenvalue weighted by Gasteiger charge is 2.67. The fourth-order valence-corrected chi connectivity index (χ4v) is 11.6. The van der Waals surface area contributed by atoms with Crippen LogP contribution >= 0.6 is 0 Å². The average molecular weight is 583 g/mol. The molecular formula is C36H54O6. The summed E-state index contributed by atoms with van der Waals surface area (Å²) in [5.74, 6) is 0.869. The van der Waals surface area contributed by atoms with Gasteiger partial charge in [0.05, 0.1) is 17.3 Å². The summed E-state index contributed by atoms with van der Waals surface area (Å²) in [4.78, 5) is 51.1. The summed E-state index contributed by atoms with van der Waals surface area (Å²) in [6.07, 6.45) is 7.98. The van der Waals surface area contributed by atoms with Crippen molar-refractivity contribution in [1.29, 1.82) is 0 Å². The Morgan fingerprint density at radius 2 is 1.57 bits per heavy atom. The number of carboxylic acid groups (broad SMARTS) is 1. The highest BCUT2D eigenvalue weighted by Crippen LogP contribution is 2.73. The maximum Gasteiger partial charge on any atom is 0.309 e. The van der Waals surface area contributed by atoms with E-state index in [2.05, 4.69) is 41.5 Å². The topological polar surface area (TPSA) is 97.7 Å². The normalized spacial score (nSPS) is 41.0. The number of carboxylic acids is 1. The van der Waals surface area contributed by atoms with Crippen LogP contribution in [0.1, 0.15) is 127 Å². The Balaban J connectivity index is 1.42. The van der Waals surface area contributed by atoms with Gasteiger partial charge in [-0.3, -0.25) is 19.2 Å². The van der Waals surface area contributed by atoms with Crippen LogP contribution in [0.4, 0.5) is 0 Å². The molecule has 42 heavy (non-hydrogen) atoms. The van der Waals surface area contributed by atoms with E-state index in [1.54, 1.807) is 20.8 Å². The number of carbonyl (C=O) groups excluding carboxylic acids is 3. The van der Waals surface area contributed by atoms with Gasteiger partial charge in [0.15, 0.2) is 5.78 Å². The lowest BCUT2D eigenvalue weighted by Gasteiger charge is -2.68. The molecule has 4 saturated carbocycles. The van der Waals surface area contributed by atoms with Crippen molar-refractivity contribution < 1.29 is 29.0 Å². The molecule has 3 unspecified atom stereocenters. The van der Waals surface area contributed by atoms with Crippen LogP contribution in [0.5, 0.6) is 0 Å². The zero-order valence-corrected chi connectivity index (χ0v) is 27.5. The summed E-state index contributed by atoms with van der Waals surface area (Å²) >= 11 is 0. The monoisotopic (exact) mass is 582 g/mol. The van der Waals surface area contributed by atoms with Gasteiger partial charge in [-0.05, 0) is 124 Å². The van der Waals surface area contributed by atoms with Gasteiger partial charge in [-0.15, -0.1) is 0 Å². The van der Waals surface area contributed by atoms with Crippen molar-refractivity contribution in [2.45, 2.75) is 133 Å². The molecule has 5 aliphatic rings. The van der Waals surface area contributed by atoms with Crippen LogP contribution in [0.3, 0.4) is 0 Å². The van der Waals surface area contributed by atoms with Gasteiger partial charge in [-0.25, -0.2) is 0 Å². The molecule has 0 aromatic carbocycles. The van der Waals surface area contributed by atoms with E-state index in [-0.39, 0.29) is 46.3 Å². The SMILES string of the molecule is CC(=O)[C@@]12CCC3[C@H](CCC4[C@@]3(C)CCC3C(C)(C)[C@@H](OC(=O)CC(C)(C)C(=O)O)CC[C@@]34C)C1=C(C(C)C)C(=O)C2. The lowest BCUT2D eigenvalue weighted by atomic mass is 9.36. The number of fused-ring (bicyclic) bond motifs is 7. The summed E-state index contributed by atoms with van der Waals surface area (Å²) in [6, 6.07) is 0. The number of ketones is 2. The molecule has 0 heterocycles. The Bertz CT molecular complexity index is 1220. The molecule has 0 saturated heterocycles. The Kier molecular flexibility index (Phi) is 7.50. The number of aliphatic carboxylic acids is 1. The van der Waals surface area contributed by atoms with Crippen LogP contribution in [0.25, 0.3) is 0 Å². The molecule has 5 rings (SSSR count). The first kappa shape index (κ1) is 31.4. The van der Waals surface area contributed by atoms with E-state index in [9.17, 15) is 24.3 Å². The summed E-state index contributed by atoms with van der Waals surface area (Å²) in [6.45, 7) is 18.6. The molecule has 234 valence electrons. The predicted molar refractivity (Wildman–Crippen MR) is 161 cm³/mol. The van der Waals surface area contributed by atoms with Gasteiger partial charge in [0.1, 0.15) is 11.9 Å². The van der Waals surface area contributed by atoms with Gasteiger partial charge >= 0.3 is 11.9 Å². The molecule has 0 aromatic rings. The van der Waals surface area contributed by atoms with Crippen molar-refractivity contribution >= 4 is 23.5 Å². The van der Waals surface area contributed by atoms with E-state index < -0.39 is 22.8 Å². The lowest BCUT2D eigenvalue weighted by Crippen LogP contribution is -2.63. The van der Waals surface area contributed by atoms with E-state index in [0.29, 0.717) is 30.1 Å². The van der Waals surface area contributed by atoms with Crippen molar-refractivity contribution in [3.05, 3.63) is 11.1 Å². The zero-order chi connectivity index (χ0) is 31.2.